The topological polar surface area (TPSA) is 41.5 Å². The largest absolute Gasteiger partial charge is 0.504 e. The second-order valence-corrected chi connectivity index (χ2v) is 6.84. The second kappa shape index (κ2) is 6.50. The van der Waals surface area contributed by atoms with Gasteiger partial charge in [0.25, 0.3) is 0 Å². The van der Waals surface area contributed by atoms with Crippen molar-refractivity contribution in [3.8, 4) is 11.5 Å². The SMILES string of the molecule is COc1cc(C(C)NCC(C)(C)c2cccs2)ccc1O. The van der Waals surface area contributed by atoms with Gasteiger partial charge in [-0.2, -0.15) is 0 Å². The number of phenols is 1. The van der Waals surface area contributed by atoms with Crippen molar-refractivity contribution in [2.45, 2.75) is 32.2 Å². The molecule has 0 bridgehead atoms. The van der Waals surface area contributed by atoms with E-state index in [2.05, 4.69) is 43.6 Å². The summed E-state index contributed by atoms with van der Waals surface area (Å²) in [7, 11) is 1.57. The standard InChI is InChI=1S/C17H23NO2S/c1-12(13-7-8-14(19)15(10-13)20-4)18-11-17(2,3)16-6-5-9-21-16/h5-10,12,18-19H,11H2,1-4H3. The number of rotatable bonds is 6. The smallest absolute Gasteiger partial charge is 0.160 e. The Hall–Kier alpha value is -1.52. The first-order valence-corrected chi connectivity index (χ1v) is 7.96. The number of nitrogens with one attached hydrogen (secondary N) is 1. The second-order valence-electron chi connectivity index (χ2n) is 5.90. The molecule has 0 saturated carbocycles. The van der Waals surface area contributed by atoms with Gasteiger partial charge in [0, 0.05) is 22.9 Å². The molecule has 1 aromatic heterocycles. The van der Waals surface area contributed by atoms with E-state index < -0.39 is 0 Å². The fourth-order valence-corrected chi connectivity index (χ4v) is 3.09. The molecule has 0 aliphatic heterocycles. The molecule has 0 radical (unpaired) electrons. The molecule has 4 heteroatoms. The first-order chi connectivity index (χ1) is 9.94. The van der Waals surface area contributed by atoms with Crippen LogP contribution in [0.1, 0.15) is 37.3 Å². The Morgan fingerprint density at radius 1 is 1.33 bits per heavy atom. The average Bonchev–Trinajstić information content (AvgIpc) is 3.00. The highest BCUT2D eigenvalue weighted by Gasteiger charge is 2.22. The molecule has 0 spiro atoms. The zero-order chi connectivity index (χ0) is 15.5. The zero-order valence-electron chi connectivity index (χ0n) is 13.0. The molecule has 1 unspecified atom stereocenters. The molecule has 21 heavy (non-hydrogen) atoms. The summed E-state index contributed by atoms with van der Waals surface area (Å²) in [5.41, 5.74) is 1.20. The lowest BCUT2D eigenvalue weighted by atomic mass is 9.91. The van der Waals surface area contributed by atoms with E-state index in [0.29, 0.717) is 5.75 Å². The van der Waals surface area contributed by atoms with E-state index in [4.69, 9.17) is 4.74 Å². The van der Waals surface area contributed by atoms with Crippen molar-refractivity contribution >= 4 is 11.3 Å². The van der Waals surface area contributed by atoms with Crippen LogP contribution in [0, 0.1) is 0 Å². The molecule has 0 aliphatic carbocycles. The van der Waals surface area contributed by atoms with Gasteiger partial charge >= 0.3 is 0 Å². The van der Waals surface area contributed by atoms with E-state index in [-0.39, 0.29) is 17.2 Å². The molecular formula is C17H23NO2S. The van der Waals surface area contributed by atoms with Crippen LogP contribution in [0.3, 0.4) is 0 Å². The predicted octanol–water partition coefficient (Wildman–Crippen LogP) is 4.09. The number of thiophene rings is 1. The van der Waals surface area contributed by atoms with Crippen molar-refractivity contribution < 1.29 is 9.84 Å². The summed E-state index contributed by atoms with van der Waals surface area (Å²) in [6.07, 6.45) is 0. The van der Waals surface area contributed by atoms with E-state index >= 15 is 0 Å². The fraction of sp³-hybridized carbons (Fsp3) is 0.412. The summed E-state index contributed by atoms with van der Waals surface area (Å²) in [6, 6.07) is 9.95. The Bertz CT molecular complexity index is 578. The summed E-state index contributed by atoms with van der Waals surface area (Å²) >= 11 is 1.79. The molecule has 3 nitrogen and oxygen atoms in total. The van der Waals surface area contributed by atoms with E-state index in [1.165, 1.54) is 4.88 Å². The lowest BCUT2D eigenvalue weighted by molar-refractivity contribution is 0.371. The van der Waals surface area contributed by atoms with Crippen molar-refractivity contribution in [1.29, 1.82) is 0 Å². The van der Waals surface area contributed by atoms with Crippen molar-refractivity contribution in [1.82, 2.24) is 5.32 Å². The van der Waals surface area contributed by atoms with E-state index in [9.17, 15) is 5.11 Å². The van der Waals surface area contributed by atoms with Crippen molar-refractivity contribution in [2.75, 3.05) is 13.7 Å². The Kier molecular flexibility index (Phi) is 4.91. The highest BCUT2D eigenvalue weighted by molar-refractivity contribution is 7.10. The van der Waals surface area contributed by atoms with Gasteiger partial charge in [0.1, 0.15) is 0 Å². The minimum Gasteiger partial charge on any atom is -0.504 e. The molecule has 1 aromatic carbocycles. The summed E-state index contributed by atoms with van der Waals surface area (Å²) in [6.45, 7) is 7.50. The molecule has 114 valence electrons. The van der Waals surface area contributed by atoms with Crippen LogP contribution < -0.4 is 10.1 Å². The molecule has 0 saturated heterocycles. The number of hydrogen-bond acceptors (Lipinski definition) is 4. The highest BCUT2D eigenvalue weighted by Crippen LogP contribution is 2.30. The van der Waals surface area contributed by atoms with E-state index in [1.54, 1.807) is 24.5 Å². The first kappa shape index (κ1) is 15.9. The van der Waals surface area contributed by atoms with Crippen LogP contribution in [0.5, 0.6) is 11.5 Å². The van der Waals surface area contributed by atoms with Crippen LogP contribution in [-0.4, -0.2) is 18.8 Å². The number of phenolic OH excluding ortho intramolecular Hbond substituents is 1. The maximum atomic E-state index is 9.66. The number of aromatic hydroxyl groups is 1. The third-order valence-corrected chi connectivity index (χ3v) is 4.98. The van der Waals surface area contributed by atoms with Crippen molar-refractivity contribution in [2.24, 2.45) is 0 Å². The third-order valence-electron chi connectivity index (χ3n) is 3.74. The van der Waals surface area contributed by atoms with Gasteiger partial charge in [0.2, 0.25) is 0 Å². The molecule has 2 aromatic rings. The molecular weight excluding hydrogens is 282 g/mol. The lowest BCUT2D eigenvalue weighted by Crippen LogP contribution is -2.33. The zero-order valence-corrected chi connectivity index (χ0v) is 13.8. The van der Waals surface area contributed by atoms with Crippen LogP contribution in [0.4, 0.5) is 0 Å². The fourth-order valence-electron chi connectivity index (χ4n) is 2.24. The number of ether oxygens (including phenoxy) is 1. The van der Waals surface area contributed by atoms with Crippen LogP contribution in [0.25, 0.3) is 0 Å². The summed E-state index contributed by atoms with van der Waals surface area (Å²) in [5, 5.41) is 15.3. The van der Waals surface area contributed by atoms with Crippen LogP contribution in [0.15, 0.2) is 35.7 Å². The average molecular weight is 305 g/mol. The summed E-state index contributed by atoms with van der Waals surface area (Å²) < 4.78 is 5.16. The van der Waals surface area contributed by atoms with E-state index in [1.807, 2.05) is 12.1 Å². The number of hydrogen-bond donors (Lipinski definition) is 2. The maximum Gasteiger partial charge on any atom is 0.160 e. The van der Waals surface area contributed by atoms with Gasteiger partial charge in [0.05, 0.1) is 7.11 Å². The Balaban J connectivity index is 2.03. The summed E-state index contributed by atoms with van der Waals surface area (Å²) in [5.74, 6) is 0.686. The van der Waals surface area contributed by atoms with Crippen LogP contribution in [0.2, 0.25) is 0 Å². The molecule has 1 atom stereocenters. The van der Waals surface area contributed by atoms with Crippen LogP contribution in [-0.2, 0) is 5.41 Å². The van der Waals surface area contributed by atoms with Gasteiger partial charge in [0.15, 0.2) is 11.5 Å². The molecule has 0 aliphatic rings. The van der Waals surface area contributed by atoms with Gasteiger partial charge in [-0.05, 0) is 36.1 Å². The van der Waals surface area contributed by atoms with Crippen molar-refractivity contribution in [3.05, 3.63) is 46.2 Å². The minimum atomic E-state index is 0.101. The lowest BCUT2D eigenvalue weighted by Gasteiger charge is -2.26. The predicted molar refractivity (Wildman–Crippen MR) is 88.4 cm³/mol. The van der Waals surface area contributed by atoms with Crippen molar-refractivity contribution in [3.63, 3.8) is 0 Å². The maximum absolute atomic E-state index is 9.66. The Labute approximate surface area is 130 Å². The van der Waals surface area contributed by atoms with E-state index in [0.717, 1.165) is 12.1 Å². The number of methoxy groups -OCH3 is 1. The third kappa shape index (κ3) is 3.77. The van der Waals surface area contributed by atoms with Gasteiger partial charge in [-0.15, -0.1) is 11.3 Å². The number of benzene rings is 1. The molecule has 2 N–H and O–H groups in total. The quantitative estimate of drug-likeness (QED) is 0.844. The van der Waals surface area contributed by atoms with Gasteiger partial charge < -0.3 is 15.2 Å². The molecule has 0 amide bonds. The normalized spacial score (nSPS) is 13.1. The highest BCUT2D eigenvalue weighted by atomic mass is 32.1. The molecule has 1 heterocycles. The summed E-state index contributed by atoms with van der Waals surface area (Å²) in [4.78, 5) is 1.38. The monoisotopic (exact) mass is 305 g/mol. The molecule has 2 rings (SSSR count). The minimum absolute atomic E-state index is 0.101. The van der Waals surface area contributed by atoms with Gasteiger partial charge in [-0.25, -0.2) is 0 Å². The van der Waals surface area contributed by atoms with Gasteiger partial charge in [-0.3, -0.25) is 0 Å². The molecule has 0 fully saturated rings. The first-order valence-electron chi connectivity index (χ1n) is 7.08. The Morgan fingerprint density at radius 3 is 2.71 bits per heavy atom. The Morgan fingerprint density at radius 2 is 2.10 bits per heavy atom. The van der Waals surface area contributed by atoms with Crippen LogP contribution >= 0.6 is 11.3 Å². The van der Waals surface area contributed by atoms with Gasteiger partial charge in [-0.1, -0.05) is 26.0 Å².